The van der Waals surface area contributed by atoms with E-state index in [9.17, 15) is 0 Å². The molecule has 0 unspecified atom stereocenters. The van der Waals surface area contributed by atoms with Crippen LogP contribution >= 0.6 is 0 Å². The van der Waals surface area contributed by atoms with Gasteiger partial charge in [-0.2, -0.15) is 5.10 Å². The first-order valence-corrected chi connectivity index (χ1v) is 10.5. The summed E-state index contributed by atoms with van der Waals surface area (Å²) >= 11 is 0. The Labute approximate surface area is 171 Å². The van der Waals surface area contributed by atoms with E-state index in [1.807, 2.05) is 18.5 Å². The van der Waals surface area contributed by atoms with Crippen molar-refractivity contribution < 1.29 is 9.47 Å². The molecule has 0 spiro atoms. The highest BCUT2D eigenvalue weighted by Crippen LogP contribution is 2.35. The molecule has 1 atom stereocenters. The van der Waals surface area contributed by atoms with Gasteiger partial charge in [0.25, 0.3) is 0 Å². The van der Waals surface area contributed by atoms with Gasteiger partial charge in [0.1, 0.15) is 18.5 Å². The molecular formula is C23H28N4O2. The number of nitrogens with zero attached hydrogens (tertiary/aromatic N) is 3. The van der Waals surface area contributed by atoms with Gasteiger partial charge in [-0.15, -0.1) is 0 Å². The van der Waals surface area contributed by atoms with Gasteiger partial charge in [-0.1, -0.05) is 0 Å². The minimum Gasteiger partial charge on any atom is -0.490 e. The number of pyridine rings is 1. The highest BCUT2D eigenvalue weighted by atomic mass is 16.5. The van der Waals surface area contributed by atoms with Gasteiger partial charge < -0.3 is 14.8 Å². The van der Waals surface area contributed by atoms with Crippen LogP contribution in [0, 0.1) is 0 Å². The maximum atomic E-state index is 6.30. The van der Waals surface area contributed by atoms with Crippen molar-refractivity contribution in [3.8, 4) is 16.9 Å². The fourth-order valence-electron chi connectivity index (χ4n) is 4.43. The molecule has 6 heteroatoms. The summed E-state index contributed by atoms with van der Waals surface area (Å²) in [6.45, 7) is 7.39. The van der Waals surface area contributed by atoms with E-state index in [1.54, 1.807) is 0 Å². The van der Waals surface area contributed by atoms with Crippen LogP contribution in [0.1, 0.15) is 32.4 Å². The molecule has 0 radical (unpaired) electrons. The summed E-state index contributed by atoms with van der Waals surface area (Å²) in [5, 5.41) is 9.07. The van der Waals surface area contributed by atoms with Crippen LogP contribution in [0.5, 0.6) is 5.75 Å². The average molecular weight is 393 g/mol. The molecule has 0 bridgehead atoms. The van der Waals surface area contributed by atoms with E-state index < -0.39 is 0 Å². The molecule has 1 fully saturated rings. The Bertz CT molecular complexity index is 1030. The quantitative estimate of drug-likeness (QED) is 0.735. The highest BCUT2D eigenvalue weighted by molar-refractivity contribution is 5.90. The fourth-order valence-corrected chi connectivity index (χ4v) is 4.43. The maximum absolute atomic E-state index is 6.30. The summed E-state index contributed by atoms with van der Waals surface area (Å²) < 4.78 is 14.6. The predicted molar refractivity (Wildman–Crippen MR) is 113 cm³/mol. The third kappa shape index (κ3) is 3.74. The normalized spacial score (nSPS) is 21.1. The fraction of sp³-hybridized carbons (Fsp3) is 0.478. The number of aryl methyl sites for hydroxylation is 1. The Kier molecular flexibility index (Phi) is 4.76. The molecule has 6 nitrogen and oxygen atoms in total. The molecule has 2 aliphatic rings. The summed E-state index contributed by atoms with van der Waals surface area (Å²) in [6, 6.07) is 8.31. The summed E-state index contributed by atoms with van der Waals surface area (Å²) in [7, 11) is 0. The van der Waals surface area contributed by atoms with Crippen LogP contribution in [0.4, 0.5) is 0 Å². The first-order chi connectivity index (χ1) is 14.1. The van der Waals surface area contributed by atoms with Crippen molar-refractivity contribution >= 4 is 10.9 Å². The van der Waals surface area contributed by atoms with E-state index in [-0.39, 0.29) is 11.7 Å². The van der Waals surface area contributed by atoms with Crippen LogP contribution in [0.3, 0.4) is 0 Å². The molecule has 152 valence electrons. The highest BCUT2D eigenvalue weighted by Gasteiger charge is 2.29. The van der Waals surface area contributed by atoms with Crippen molar-refractivity contribution in [1.82, 2.24) is 20.1 Å². The molecule has 2 aliphatic heterocycles. The number of aromatic nitrogens is 3. The summed E-state index contributed by atoms with van der Waals surface area (Å²) in [5.74, 6) is 0.855. The van der Waals surface area contributed by atoms with Gasteiger partial charge in [0.2, 0.25) is 0 Å². The number of fused-ring (bicyclic) bond motifs is 2. The van der Waals surface area contributed by atoms with E-state index in [0.29, 0.717) is 6.61 Å². The monoisotopic (exact) mass is 392 g/mol. The third-order valence-electron chi connectivity index (χ3n) is 5.81. The van der Waals surface area contributed by atoms with Crippen molar-refractivity contribution in [1.29, 1.82) is 0 Å². The number of ether oxygens (including phenoxy) is 2. The zero-order valence-electron chi connectivity index (χ0n) is 17.1. The molecule has 0 saturated carbocycles. The van der Waals surface area contributed by atoms with Crippen LogP contribution in [-0.4, -0.2) is 46.2 Å². The molecular weight excluding hydrogens is 364 g/mol. The summed E-state index contributed by atoms with van der Waals surface area (Å²) in [5.41, 5.74) is 4.41. The lowest BCUT2D eigenvalue weighted by Crippen LogP contribution is -2.52. The molecule has 0 aliphatic carbocycles. The Morgan fingerprint density at radius 2 is 2.24 bits per heavy atom. The standard InChI is InChI=1S/C23H28N4O2/c1-23(2)15-24-12-17(29-23)14-28-22-11-16(10-20-18(22)6-5-8-25-20)19-13-26-27-9-4-3-7-21(19)27/h5-6,8,10-11,13,17,24H,3-4,7,9,12,14-15H2,1-2H3/t17-/m0/s1. The zero-order valence-corrected chi connectivity index (χ0v) is 17.1. The number of hydrogen-bond donors (Lipinski definition) is 1. The van der Waals surface area contributed by atoms with E-state index in [1.165, 1.54) is 24.1 Å². The van der Waals surface area contributed by atoms with Crippen LogP contribution in [-0.2, 0) is 17.7 Å². The molecule has 29 heavy (non-hydrogen) atoms. The van der Waals surface area contributed by atoms with E-state index >= 15 is 0 Å². The second kappa shape index (κ2) is 7.43. The number of morpholine rings is 1. The number of hydrogen-bond acceptors (Lipinski definition) is 5. The number of rotatable bonds is 4. The van der Waals surface area contributed by atoms with Gasteiger partial charge >= 0.3 is 0 Å². The topological polar surface area (TPSA) is 61.2 Å². The van der Waals surface area contributed by atoms with Crippen molar-refractivity contribution in [3.63, 3.8) is 0 Å². The van der Waals surface area contributed by atoms with Crippen molar-refractivity contribution in [2.24, 2.45) is 0 Å². The van der Waals surface area contributed by atoms with Crippen LogP contribution in [0.25, 0.3) is 22.0 Å². The van der Waals surface area contributed by atoms with Crippen LogP contribution < -0.4 is 10.1 Å². The van der Waals surface area contributed by atoms with E-state index in [0.717, 1.165) is 48.3 Å². The second-order valence-corrected chi connectivity index (χ2v) is 8.67. The molecule has 2 aromatic heterocycles. The molecule has 1 saturated heterocycles. The van der Waals surface area contributed by atoms with Gasteiger partial charge in [-0.25, -0.2) is 0 Å². The predicted octanol–water partition coefficient (Wildman–Crippen LogP) is 3.58. The van der Waals surface area contributed by atoms with Gasteiger partial charge in [0, 0.05) is 42.5 Å². The maximum Gasteiger partial charge on any atom is 0.129 e. The Balaban J connectivity index is 1.47. The van der Waals surface area contributed by atoms with Crippen LogP contribution in [0.2, 0.25) is 0 Å². The van der Waals surface area contributed by atoms with Gasteiger partial charge in [0.15, 0.2) is 0 Å². The molecule has 4 heterocycles. The number of benzene rings is 1. The lowest BCUT2D eigenvalue weighted by atomic mass is 9.99. The second-order valence-electron chi connectivity index (χ2n) is 8.67. The summed E-state index contributed by atoms with van der Waals surface area (Å²) in [6.07, 6.45) is 7.34. The first kappa shape index (κ1) is 18.6. The van der Waals surface area contributed by atoms with Crippen LogP contribution in [0.15, 0.2) is 36.7 Å². The molecule has 3 aromatic rings. The molecule has 5 rings (SSSR count). The third-order valence-corrected chi connectivity index (χ3v) is 5.81. The van der Waals surface area contributed by atoms with Gasteiger partial charge in [-0.3, -0.25) is 9.67 Å². The lowest BCUT2D eigenvalue weighted by molar-refractivity contribution is -0.106. The minimum atomic E-state index is -0.172. The Morgan fingerprint density at radius 1 is 1.31 bits per heavy atom. The van der Waals surface area contributed by atoms with E-state index in [4.69, 9.17) is 9.47 Å². The largest absolute Gasteiger partial charge is 0.490 e. The van der Waals surface area contributed by atoms with Gasteiger partial charge in [0.05, 0.1) is 17.3 Å². The van der Waals surface area contributed by atoms with Crippen molar-refractivity contribution in [2.45, 2.75) is 51.4 Å². The number of nitrogens with one attached hydrogen (secondary N) is 1. The first-order valence-electron chi connectivity index (χ1n) is 10.5. The Hall–Kier alpha value is -2.44. The smallest absolute Gasteiger partial charge is 0.129 e. The lowest BCUT2D eigenvalue weighted by Gasteiger charge is -2.36. The van der Waals surface area contributed by atoms with Crippen molar-refractivity contribution in [2.75, 3.05) is 19.7 Å². The summed E-state index contributed by atoms with van der Waals surface area (Å²) in [4.78, 5) is 4.59. The molecule has 0 amide bonds. The molecule has 1 N–H and O–H groups in total. The Morgan fingerprint density at radius 3 is 3.14 bits per heavy atom. The average Bonchev–Trinajstić information content (AvgIpc) is 3.15. The van der Waals surface area contributed by atoms with Gasteiger partial charge in [-0.05, 0) is 62.9 Å². The molecule has 1 aromatic carbocycles. The van der Waals surface area contributed by atoms with E-state index in [2.05, 4.69) is 52.1 Å². The zero-order chi connectivity index (χ0) is 19.8. The van der Waals surface area contributed by atoms with Crippen molar-refractivity contribution in [3.05, 3.63) is 42.4 Å². The SMILES string of the molecule is CC1(C)CNC[C@@H](COc2cc(-c3cnn4c3CCCC4)cc3ncccc23)O1. The minimum absolute atomic E-state index is 0.0260.